The number of rotatable bonds is 6. The summed E-state index contributed by atoms with van der Waals surface area (Å²) in [5.74, 6) is -1.52. The smallest absolute Gasteiger partial charge is 0.342 e. The van der Waals surface area contributed by atoms with Crippen LogP contribution in [0, 0.1) is 10.1 Å². The highest BCUT2D eigenvalue weighted by molar-refractivity contribution is 6.35. The third-order valence-corrected chi connectivity index (χ3v) is 3.72. The SMILES string of the molecule is COc1ccc([N+](=O)[O-])cc1C(=O)OCC(=O)Nc1cc(Cl)ccc1Cl. The summed E-state index contributed by atoms with van der Waals surface area (Å²) in [5, 5.41) is 13.9. The zero-order chi connectivity index (χ0) is 19.3. The van der Waals surface area contributed by atoms with E-state index in [9.17, 15) is 19.7 Å². The van der Waals surface area contributed by atoms with Crippen molar-refractivity contribution < 1.29 is 24.0 Å². The second-order valence-corrected chi connectivity index (χ2v) is 5.73. The number of methoxy groups -OCH3 is 1. The summed E-state index contributed by atoms with van der Waals surface area (Å²) in [7, 11) is 1.30. The number of non-ortho nitro benzene ring substituents is 1. The first-order chi connectivity index (χ1) is 12.3. The number of hydrogen-bond donors (Lipinski definition) is 1. The van der Waals surface area contributed by atoms with Crippen LogP contribution in [0.2, 0.25) is 10.0 Å². The minimum absolute atomic E-state index is 0.0823. The van der Waals surface area contributed by atoms with E-state index in [1.165, 1.54) is 31.4 Å². The Morgan fingerprint density at radius 1 is 1.19 bits per heavy atom. The fourth-order valence-electron chi connectivity index (χ4n) is 1.96. The summed E-state index contributed by atoms with van der Waals surface area (Å²) in [6, 6.07) is 7.94. The third-order valence-electron chi connectivity index (χ3n) is 3.15. The summed E-state index contributed by atoms with van der Waals surface area (Å²) in [4.78, 5) is 34.2. The largest absolute Gasteiger partial charge is 0.496 e. The first kappa shape index (κ1) is 19.5. The van der Waals surface area contributed by atoms with E-state index in [0.717, 1.165) is 6.07 Å². The van der Waals surface area contributed by atoms with E-state index < -0.39 is 23.4 Å². The summed E-state index contributed by atoms with van der Waals surface area (Å²) in [6.07, 6.45) is 0. The first-order valence-corrected chi connectivity index (χ1v) is 7.82. The Hall–Kier alpha value is -2.84. The fourth-order valence-corrected chi connectivity index (χ4v) is 2.29. The second-order valence-electron chi connectivity index (χ2n) is 4.89. The maximum Gasteiger partial charge on any atom is 0.342 e. The molecule has 1 amide bonds. The van der Waals surface area contributed by atoms with Gasteiger partial charge in [-0.3, -0.25) is 14.9 Å². The average molecular weight is 399 g/mol. The molecule has 0 aliphatic rings. The number of nitrogens with one attached hydrogen (secondary N) is 1. The number of benzene rings is 2. The number of halogens is 2. The van der Waals surface area contributed by atoms with Crippen molar-refractivity contribution in [2.45, 2.75) is 0 Å². The predicted molar refractivity (Wildman–Crippen MR) is 95.0 cm³/mol. The number of carbonyl (C=O) groups excluding carboxylic acids is 2. The molecule has 0 spiro atoms. The lowest BCUT2D eigenvalue weighted by Crippen LogP contribution is -2.21. The molecule has 0 saturated heterocycles. The topological polar surface area (TPSA) is 108 Å². The molecule has 0 radical (unpaired) electrons. The van der Waals surface area contributed by atoms with Crippen molar-refractivity contribution in [1.29, 1.82) is 0 Å². The van der Waals surface area contributed by atoms with Crippen molar-refractivity contribution in [2.24, 2.45) is 0 Å². The average Bonchev–Trinajstić information content (AvgIpc) is 2.62. The van der Waals surface area contributed by atoms with Crippen LogP contribution in [0.15, 0.2) is 36.4 Å². The molecule has 0 unspecified atom stereocenters. The van der Waals surface area contributed by atoms with E-state index in [1.54, 1.807) is 6.07 Å². The number of nitrogens with zero attached hydrogens (tertiary/aromatic N) is 1. The van der Waals surface area contributed by atoms with Gasteiger partial charge in [-0.2, -0.15) is 0 Å². The third kappa shape index (κ3) is 4.84. The highest BCUT2D eigenvalue weighted by atomic mass is 35.5. The Morgan fingerprint density at radius 3 is 2.58 bits per heavy atom. The van der Waals surface area contributed by atoms with E-state index in [2.05, 4.69) is 5.32 Å². The Balaban J connectivity index is 2.06. The molecule has 0 atom stereocenters. The molecule has 0 bridgehead atoms. The van der Waals surface area contributed by atoms with E-state index >= 15 is 0 Å². The van der Waals surface area contributed by atoms with Gasteiger partial charge >= 0.3 is 5.97 Å². The Bertz CT molecular complexity index is 872. The normalized spacial score (nSPS) is 10.1. The lowest BCUT2D eigenvalue weighted by atomic mass is 10.2. The van der Waals surface area contributed by atoms with Gasteiger partial charge in [0, 0.05) is 17.2 Å². The predicted octanol–water partition coefficient (Wildman–Crippen LogP) is 3.71. The minimum Gasteiger partial charge on any atom is -0.496 e. The van der Waals surface area contributed by atoms with Crippen molar-refractivity contribution in [3.63, 3.8) is 0 Å². The summed E-state index contributed by atoms with van der Waals surface area (Å²) >= 11 is 11.7. The summed E-state index contributed by atoms with van der Waals surface area (Å²) in [5.41, 5.74) is -0.226. The van der Waals surface area contributed by atoms with Crippen LogP contribution in [0.5, 0.6) is 5.75 Å². The van der Waals surface area contributed by atoms with Crippen LogP contribution >= 0.6 is 23.2 Å². The van der Waals surface area contributed by atoms with Crippen LogP contribution in [0.25, 0.3) is 0 Å². The van der Waals surface area contributed by atoms with Gasteiger partial charge in [-0.25, -0.2) is 4.79 Å². The van der Waals surface area contributed by atoms with Crippen LogP contribution in [0.4, 0.5) is 11.4 Å². The van der Waals surface area contributed by atoms with Crippen LogP contribution in [-0.2, 0) is 9.53 Å². The molecule has 2 aromatic rings. The monoisotopic (exact) mass is 398 g/mol. The Kier molecular flexibility index (Phi) is 6.37. The number of carbonyl (C=O) groups is 2. The van der Waals surface area contributed by atoms with Gasteiger partial charge in [0.1, 0.15) is 11.3 Å². The number of ether oxygens (including phenoxy) is 2. The number of esters is 1. The Morgan fingerprint density at radius 2 is 1.92 bits per heavy atom. The van der Waals surface area contributed by atoms with E-state index in [4.69, 9.17) is 32.7 Å². The van der Waals surface area contributed by atoms with Crippen molar-refractivity contribution >= 4 is 46.5 Å². The van der Waals surface area contributed by atoms with Gasteiger partial charge in [-0.1, -0.05) is 23.2 Å². The quantitative estimate of drug-likeness (QED) is 0.451. The fraction of sp³-hybridized carbons (Fsp3) is 0.125. The maximum atomic E-state index is 12.1. The van der Waals surface area contributed by atoms with E-state index in [1.807, 2.05) is 0 Å². The number of anilines is 1. The highest BCUT2D eigenvalue weighted by Gasteiger charge is 2.20. The first-order valence-electron chi connectivity index (χ1n) is 7.06. The molecule has 2 aromatic carbocycles. The molecule has 0 aliphatic carbocycles. The number of nitro groups is 1. The molecule has 26 heavy (non-hydrogen) atoms. The van der Waals surface area contributed by atoms with Crippen molar-refractivity contribution in [2.75, 3.05) is 19.0 Å². The van der Waals surface area contributed by atoms with Gasteiger partial charge in [0.05, 0.1) is 22.7 Å². The number of hydrogen-bond acceptors (Lipinski definition) is 6. The van der Waals surface area contributed by atoms with Gasteiger partial charge in [0.25, 0.3) is 11.6 Å². The highest BCUT2D eigenvalue weighted by Crippen LogP contribution is 2.26. The summed E-state index contributed by atoms with van der Waals surface area (Å²) < 4.78 is 9.86. The van der Waals surface area contributed by atoms with Gasteiger partial charge in [0.2, 0.25) is 0 Å². The molecule has 2 rings (SSSR count). The summed E-state index contributed by atoms with van der Waals surface area (Å²) in [6.45, 7) is -0.631. The molecule has 0 heterocycles. The van der Waals surface area contributed by atoms with Crippen LogP contribution in [0.3, 0.4) is 0 Å². The molecule has 0 fully saturated rings. The molecular formula is C16H12Cl2N2O6. The zero-order valence-electron chi connectivity index (χ0n) is 13.3. The second kappa shape index (κ2) is 8.50. The zero-order valence-corrected chi connectivity index (χ0v) is 14.8. The van der Waals surface area contributed by atoms with Crippen molar-refractivity contribution in [3.8, 4) is 5.75 Å². The van der Waals surface area contributed by atoms with Gasteiger partial charge < -0.3 is 14.8 Å². The molecule has 136 valence electrons. The van der Waals surface area contributed by atoms with E-state index in [-0.39, 0.29) is 27.7 Å². The van der Waals surface area contributed by atoms with Crippen molar-refractivity contribution in [1.82, 2.24) is 0 Å². The molecule has 1 N–H and O–H groups in total. The molecule has 10 heteroatoms. The van der Waals surface area contributed by atoms with Gasteiger partial charge in [0.15, 0.2) is 6.61 Å². The Labute approximate surface area is 157 Å². The number of nitro benzene ring substituents is 1. The maximum absolute atomic E-state index is 12.1. The van der Waals surface area contributed by atoms with Crippen LogP contribution < -0.4 is 10.1 Å². The number of amides is 1. The molecule has 8 nitrogen and oxygen atoms in total. The van der Waals surface area contributed by atoms with Gasteiger partial charge in [-0.05, 0) is 24.3 Å². The molecule has 0 saturated carbocycles. The van der Waals surface area contributed by atoms with E-state index in [0.29, 0.717) is 5.02 Å². The molecule has 0 aliphatic heterocycles. The van der Waals surface area contributed by atoms with Gasteiger partial charge in [-0.15, -0.1) is 0 Å². The minimum atomic E-state index is -0.946. The lowest BCUT2D eigenvalue weighted by Gasteiger charge is -2.10. The standard InChI is InChI=1S/C16H12Cl2N2O6/c1-25-14-5-3-10(20(23)24)7-11(14)16(22)26-8-15(21)19-13-6-9(17)2-4-12(13)18/h2-7H,8H2,1H3,(H,19,21). The molecule has 0 aromatic heterocycles. The molecular weight excluding hydrogens is 387 g/mol. The van der Waals surface area contributed by atoms with Crippen LogP contribution in [0.1, 0.15) is 10.4 Å². The van der Waals surface area contributed by atoms with Crippen LogP contribution in [-0.4, -0.2) is 30.5 Å². The van der Waals surface area contributed by atoms with Crippen molar-refractivity contribution in [3.05, 3.63) is 62.1 Å². The lowest BCUT2D eigenvalue weighted by molar-refractivity contribution is -0.384.